The average molecular weight is 246 g/mol. The normalized spacial score (nSPS) is 19.6. The van der Waals surface area contributed by atoms with Gasteiger partial charge in [0.05, 0.1) is 15.7 Å². The second kappa shape index (κ2) is 4.39. The highest BCUT2D eigenvalue weighted by molar-refractivity contribution is 7.16. The molecule has 1 aliphatic rings. The predicted octanol–water partition coefficient (Wildman–Crippen LogP) is 3.46. The molecule has 0 atom stereocenters. The lowest BCUT2D eigenvalue weighted by Crippen LogP contribution is -2.37. The zero-order chi connectivity index (χ0) is 11.7. The Balaban J connectivity index is 2.04. The summed E-state index contributed by atoms with van der Waals surface area (Å²) < 4.78 is 1.29. The number of nitrogens with zero attached hydrogens (tertiary/aromatic N) is 1. The maximum Gasteiger partial charge on any atom is 0.0812 e. The molecule has 17 heavy (non-hydrogen) atoms. The topological polar surface area (TPSA) is 38.9 Å². The van der Waals surface area contributed by atoms with Crippen LogP contribution < -0.4 is 5.73 Å². The van der Waals surface area contributed by atoms with E-state index in [0.717, 1.165) is 12.1 Å². The van der Waals surface area contributed by atoms with Gasteiger partial charge in [0.2, 0.25) is 0 Å². The Morgan fingerprint density at radius 3 is 2.82 bits per heavy atom. The van der Waals surface area contributed by atoms with Crippen molar-refractivity contribution in [3.63, 3.8) is 0 Å². The summed E-state index contributed by atoms with van der Waals surface area (Å²) in [4.78, 5) is 4.34. The number of aromatic nitrogens is 1. The predicted molar refractivity (Wildman–Crippen MR) is 73.4 cm³/mol. The third-order valence-electron chi connectivity index (χ3n) is 4.15. The van der Waals surface area contributed by atoms with Crippen LogP contribution in [0.3, 0.4) is 0 Å². The van der Waals surface area contributed by atoms with E-state index in [0.29, 0.717) is 0 Å². The van der Waals surface area contributed by atoms with Crippen LogP contribution in [0.25, 0.3) is 10.2 Å². The first-order chi connectivity index (χ1) is 8.34. The molecule has 1 heterocycles. The molecule has 2 N–H and O–H groups in total. The molecule has 0 radical (unpaired) electrons. The number of rotatable bonds is 2. The van der Waals surface area contributed by atoms with Gasteiger partial charge >= 0.3 is 0 Å². The highest BCUT2D eigenvalue weighted by Gasteiger charge is 2.32. The fourth-order valence-electron chi connectivity index (χ4n) is 3.02. The standard InChI is InChI=1S/C14H18N2S/c15-9-14(6-2-1-3-7-14)11-4-5-12-13(8-11)17-10-16-12/h4-5,8,10H,1-3,6-7,9,15H2. The summed E-state index contributed by atoms with van der Waals surface area (Å²) in [6, 6.07) is 6.69. The lowest BCUT2D eigenvalue weighted by atomic mass is 9.69. The van der Waals surface area contributed by atoms with E-state index in [4.69, 9.17) is 5.73 Å². The Morgan fingerprint density at radius 1 is 1.24 bits per heavy atom. The number of hydrogen-bond acceptors (Lipinski definition) is 3. The summed E-state index contributed by atoms with van der Waals surface area (Å²) in [5.74, 6) is 0. The van der Waals surface area contributed by atoms with E-state index in [2.05, 4.69) is 23.2 Å². The van der Waals surface area contributed by atoms with Gasteiger partial charge in [0.15, 0.2) is 0 Å². The molecule has 1 aromatic carbocycles. The quantitative estimate of drug-likeness (QED) is 0.881. The molecule has 2 nitrogen and oxygen atoms in total. The van der Waals surface area contributed by atoms with Gasteiger partial charge in [-0.2, -0.15) is 0 Å². The first-order valence-electron chi connectivity index (χ1n) is 6.38. The molecule has 0 spiro atoms. The monoisotopic (exact) mass is 246 g/mol. The van der Waals surface area contributed by atoms with Gasteiger partial charge in [0.25, 0.3) is 0 Å². The van der Waals surface area contributed by atoms with Gasteiger partial charge in [-0.1, -0.05) is 25.3 Å². The number of thiazole rings is 1. The molecule has 0 bridgehead atoms. The van der Waals surface area contributed by atoms with Gasteiger partial charge < -0.3 is 5.73 Å². The minimum Gasteiger partial charge on any atom is -0.330 e. The van der Waals surface area contributed by atoms with Gasteiger partial charge in [0, 0.05) is 12.0 Å². The molecule has 1 fully saturated rings. The largest absolute Gasteiger partial charge is 0.330 e. The Morgan fingerprint density at radius 2 is 2.06 bits per heavy atom. The lowest BCUT2D eigenvalue weighted by Gasteiger charge is -2.36. The summed E-state index contributed by atoms with van der Waals surface area (Å²) in [5.41, 5.74) is 10.8. The van der Waals surface area contributed by atoms with Crippen LogP contribution in [0.15, 0.2) is 23.7 Å². The summed E-state index contributed by atoms with van der Waals surface area (Å²) in [7, 11) is 0. The van der Waals surface area contributed by atoms with Crippen molar-refractivity contribution in [1.29, 1.82) is 0 Å². The fraction of sp³-hybridized carbons (Fsp3) is 0.500. The maximum absolute atomic E-state index is 6.08. The van der Waals surface area contributed by atoms with Gasteiger partial charge in [0.1, 0.15) is 0 Å². The minimum absolute atomic E-state index is 0.233. The molecule has 0 amide bonds. The number of hydrogen-bond donors (Lipinski definition) is 1. The molecule has 1 aromatic heterocycles. The second-order valence-electron chi connectivity index (χ2n) is 5.08. The average Bonchev–Trinajstić information content (AvgIpc) is 2.86. The Labute approximate surface area is 106 Å². The first kappa shape index (κ1) is 11.2. The van der Waals surface area contributed by atoms with Gasteiger partial charge in [-0.3, -0.25) is 0 Å². The molecule has 1 saturated carbocycles. The SMILES string of the molecule is NCC1(c2ccc3ncsc3c2)CCCCC1. The maximum atomic E-state index is 6.08. The minimum atomic E-state index is 0.233. The second-order valence-corrected chi connectivity index (χ2v) is 5.97. The van der Waals surface area contributed by atoms with Crippen LogP contribution >= 0.6 is 11.3 Å². The van der Waals surface area contributed by atoms with Crippen LogP contribution in [0.5, 0.6) is 0 Å². The molecule has 90 valence electrons. The van der Waals surface area contributed by atoms with Crippen LogP contribution in [0.1, 0.15) is 37.7 Å². The smallest absolute Gasteiger partial charge is 0.0812 e. The molecule has 0 aliphatic heterocycles. The van der Waals surface area contributed by atoms with E-state index < -0.39 is 0 Å². The van der Waals surface area contributed by atoms with Crippen molar-refractivity contribution in [3.8, 4) is 0 Å². The Bertz CT molecular complexity index is 512. The highest BCUT2D eigenvalue weighted by atomic mass is 32.1. The molecular weight excluding hydrogens is 228 g/mol. The summed E-state index contributed by atoms with van der Waals surface area (Å²) in [6.45, 7) is 0.775. The molecule has 3 rings (SSSR count). The van der Waals surface area contributed by atoms with E-state index >= 15 is 0 Å². The molecule has 0 saturated heterocycles. The van der Waals surface area contributed by atoms with E-state index in [1.165, 1.54) is 42.4 Å². The lowest BCUT2D eigenvalue weighted by molar-refractivity contribution is 0.301. The Kier molecular flexibility index (Phi) is 2.89. The van der Waals surface area contributed by atoms with Crippen LogP contribution in [0.4, 0.5) is 0 Å². The van der Waals surface area contributed by atoms with Gasteiger partial charge in [-0.25, -0.2) is 4.98 Å². The van der Waals surface area contributed by atoms with Crippen molar-refractivity contribution in [2.75, 3.05) is 6.54 Å². The fourth-order valence-corrected chi connectivity index (χ4v) is 3.74. The van der Waals surface area contributed by atoms with E-state index in [1.54, 1.807) is 11.3 Å². The molecule has 2 aromatic rings. The van der Waals surface area contributed by atoms with Crippen molar-refractivity contribution in [2.45, 2.75) is 37.5 Å². The highest BCUT2D eigenvalue weighted by Crippen LogP contribution is 2.39. The summed E-state index contributed by atoms with van der Waals surface area (Å²) in [5, 5.41) is 0. The van der Waals surface area contributed by atoms with Crippen LogP contribution in [0.2, 0.25) is 0 Å². The number of fused-ring (bicyclic) bond motifs is 1. The van der Waals surface area contributed by atoms with Crippen LogP contribution in [-0.2, 0) is 5.41 Å². The van der Waals surface area contributed by atoms with Crippen molar-refractivity contribution in [3.05, 3.63) is 29.3 Å². The molecule has 0 unspecified atom stereocenters. The van der Waals surface area contributed by atoms with Crippen molar-refractivity contribution in [2.24, 2.45) is 5.73 Å². The third-order valence-corrected chi connectivity index (χ3v) is 4.94. The van der Waals surface area contributed by atoms with Gasteiger partial charge in [-0.15, -0.1) is 11.3 Å². The zero-order valence-electron chi connectivity index (χ0n) is 9.98. The van der Waals surface area contributed by atoms with Crippen molar-refractivity contribution < 1.29 is 0 Å². The molecule has 1 aliphatic carbocycles. The molecule has 3 heteroatoms. The van der Waals surface area contributed by atoms with E-state index in [1.807, 2.05) is 5.51 Å². The van der Waals surface area contributed by atoms with Crippen molar-refractivity contribution in [1.82, 2.24) is 4.98 Å². The van der Waals surface area contributed by atoms with Crippen LogP contribution in [-0.4, -0.2) is 11.5 Å². The van der Waals surface area contributed by atoms with E-state index in [-0.39, 0.29) is 5.41 Å². The van der Waals surface area contributed by atoms with E-state index in [9.17, 15) is 0 Å². The summed E-state index contributed by atoms with van der Waals surface area (Å²) in [6.07, 6.45) is 6.49. The Hall–Kier alpha value is -0.930. The number of benzene rings is 1. The zero-order valence-corrected chi connectivity index (χ0v) is 10.8. The first-order valence-corrected chi connectivity index (χ1v) is 7.26. The third kappa shape index (κ3) is 1.87. The van der Waals surface area contributed by atoms with Crippen molar-refractivity contribution >= 4 is 21.6 Å². The summed E-state index contributed by atoms with van der Waals surface area (Å²) >= 11 is 1.72. The number of nitrogens with two attached hydrogens (primary N) is 1. The van der Waals surface area contributed by atoms with Crippen LogP contribution in [0, 0.1) is 0 Å². The van der Waals surface area contributed by atoms with Gasteiger partial charge in [-0.05, 0) is 30.5 Å². The molecular formula is C14H18N2S.